The maximum Gasteiger partial charge on any atom is 0.265 e. The summed E-state index contributed by atoms with van der Waals surface area (Å²) in [6.45, 7) is 1.94. The van der Waals surface area contributed by atoms with Crippen molar-refractivity contribution in [1.29, 1.82) is 0 Å². The zero-order valence-corrected chi connectivity index (χ0v) is 20.7. The van der Waals surface area contributed by atoms with Gasteiger partial charge in [0.1, 0.15) is 24.8 Å². The number of nitrogens with one attached hydrogen (secondary N) is 1. The van der Waals surface area contributed by atoms with Crippen LogP contribution in [0.15, 0.2) is 46.0 Å². The maximum absolute atomic E-state index is 14.9. The predicted octanol–water partition coefficient (Wildman–Crippen LogP) is 4.86. The molecule has 4 rings (SSSR count). The normalized spacial score (nSPS) is 22.6. The molecule has 1 N–H and O–H groups in total. The van der Waals surface area contributed by atoms with E-state index in [4.69, 9.17) is 21.3 Å². The van der Waals surface area contributed by atoms with Crippen LogP contribution in [0.25, 0.3) is 0 Å². The summed E-state index contributed by atoms with van der Waals surface area (Å²) in [5, 5.41) is 6.08. The Balaban J connectivity index is 1.61. The molecule has 1 unspecified atom stereocenters. The summed E-state index contributed by atoms with van der Waals surface area (Å²) < 4.78 is 48.6. The molecular weight excluding hydrogens is 501 g/mol. The van der Waals surface area contributed by atoms with Gasteiger partial charge in [-0.05, 0) is 42.7 Å². The lowest BCUT2D eigenvalue weighted by atomic mass is 9.91. The molecule has 6 nitrogen and oxygen atoms in total. The number of aromatic nitrogens is 1. The first-order chi connectivity index (χ1) is 16.8. The van der Waals surface area contributed by atoms with Gasteiger partial charge in [-0.25, -0.2) is 18.2 Å². The van der Waals surface area contributed by atoms with E-state index in [9.17, 15) is 18.0 Å². The average Bonchev–Trinajstić information content (AvgIpc) is 3.35. The standard InChI is InChI=1S/C24H26ClF3N4O2S/c1-2-17-20(12-32-7-5-15(13-34-9-8-33)24(27,28)14-32)30-22(23-29-6-10-35-23)31-21(17)18-4-3-16(26)11-19(18)25/h3-4,6,8,10-11,15,21H,2,5,7,9,12-14H2,1H3,(H,30,31)/t15?,21-/m1/s1. The van der Waals surface area contributed by atoms with Crippen LogP contribution in [0, 0.1) is 11.7 Å². The van der Waals surface area contributed by atoms with E-state index < -0.39 is 30.2 Å². The van der Waals surface area contributed by atoms with Gasteiger partial charge in [-0.3, -0.25) is 9.89 Å². The van der Waals surface area contributed by atoms with Crippen molar-refractivity contribution in [1.82, 2.24) is 15.2 Å². The third-order valence-corrected chi connectivity index (χ3v) is 7.34. The van der Waals surface area contributed by atoms with E-state index in [1.165, 1.54) is 23.5 Å². The quantitative estimate of drug-likeness (QED) is 0.373. The SMILES string of the molecule is CCC1=C(CN2CCC(COCC=O)C(F)(F)C2)NC(c2nccs2)=N[C@H]1c1ccc(F)cc1Cl. The van der Waals surface area contributed by atoms with Gasteiger partial charge in [0, 0.05) is 34.8 Å². The second-order valence-electron chi connectivity index (χ2n) is 8.53. The molecule has 0 amide bonds. The molecule has 2 aromatic rings. The number of thiazole rings is 1. The molecule has 3 heterocycles. The number of nitrogens with zero attached hydrogens (tertiary/aromatic N) is 3. The fraction of sp³-hybridized carbons (Fsp3) is 0.458. The van der Waals surface area contributed by atoms with Crippen LogP contribution < -0.4 is 5.32 Å². The molecule has 0 aliphatic carbocycles. The molecule has 0 radical (unpaired) electrons. The fourth-order valence-electron chi connectivity index (χ4n) is 4.48. The van der Waals surface area contributed by atoms with Crippen molar-refractivity contribution in [2.75, 3.05) is 32.8 Å². The molecule has 11 heteroatoms. The molecule has 188 valence electrons. The number of alkyl halides is 2. The third-order valence-electron chi connectivity index (χ3n) is 6.23. The van der Waals surface area contributed by atoms with Crippen molar-refractivity contribution in [3.63, 3.8) is 0 Å². The predicted molar refractivity (Wildman–Crippen MR) is 130 cm³/mol. The number of aldehydes is 1. The van der Waals surface area contributed by atoms with Crippen molar-refractivity contribution in [2.45, 2.75) is 31.7 Å². The number of carbonyl (C=O) groups is 1. The number of ether oxygens (including phenoxy) is 1. The van der Waals surface area contributed by atoms with Gasteiger partial charge in [0.25, 0.3) is 5.92 Å². The van der Waals surface area contributed by atoms with E-state index in [0.29, 0.717) is 35.7 Å². The minimum Gasteiger partial charge on any atom is -0.373 e. The van der Waals surface area contributed by atoms with Crippen molar-refractivity contribution in [2.24, 2.45) is 10.9 Å². The summed E-state index contributed by atoms with van der Waals surface area (Å²) in [6.07, 6.45) is 3.08. The molecule has 2 aliphatic heterocycles. The zero-order chi connectivity index (χ0) is 25.0. The number of piperidine rings is 1. The molecule has 1 fully saturated rings. The Hall–Kier alpha value is -2.27. The number of aliphatic imine (C=N–C) groups is 1. The lowest BCUT2D eigenvalue weighted by Crippen LogP contribution is -2.51. The molecule has 2 atom stereocenters. The van der Waals surface area contributed by atoms with Crippen molar-refractivity contribution >= 4 is 35.1 Å². The Kier molecular flexibility index (Phi) is 8.26. The van der Waals surface area contributed by atoms with E-state index in [1.807, 2.05) is 12.3 Å². The molecule has 1 saturated heterocycles. The van der Waals surface area contributed by atoms with Gasteiger partial charge in [0.05, 0.1) is 13.2 Å². The fourth-order valence-corrected chi connectivity index (χ4v) is 5.34. The summed E-state index contributed by atoms with van der Waals surface area (Å²) in [5.74, 6) is -3.80. The highest BCUT2D eigenvalue weighted by Crippen LogP contribution is 2.39. The molecule has 35 heavy (non-hydrogen) atoms. The minimum atomic E-state index is -2.95. The van der Waals surface area contributed by atoms with Crippen molar-refractivity contribution in [3.05, 3.63) is 62.5 Å². The number of amidine groups is 1. The van der Waals surface area contributed by atoms with Crippen LogP contribution in [-0.2, 0) is 9.53 Å². The summed E-state index contributed by atoms with van der Waals surface area (Å²) >= 11 is 7.80. The van der Waals surface area contributed by atoms with E-state index >= 15 is 0 Å². The Morgan fingerprint density at radius 2 is 2.23 bits per heavy atom. The largest absolute Gasteiger partial charge is 0.373 e. The van der Waals surface area contributed by atoms with Crippen molar-refractivity contribution in [3.8, 4) is 0 Å². The van der Waals surface area contributed by atoms with Crippen LogP contribution >= 0.6 is 22.9 Å². The van der Waals surface area contributed by atoms with E-state index in [2.05, 4.69) is 10.3 Å². The third kappa shape index (κ3) is 5.94. The summed E-state index contributed by atoms with van der Waals surface area (Å²) in [7, 11) is 0. The first-order valence-electron chi connectivity index (χ1n) is 11.4. The number of rotatable bonds is 9. The molecule has 0 bridgehead atoms. The van der Waals surface area contributed by atoms with Gasteiger partial charge in [0.15, 0.2) is 10.8 Å². The second kappa shape index (κ2) is 11.2. The molecule has 0 spiro atoms. The Morgan fingerprint density at radius 1 is 1.40 bits per heavy atom. The van der Waals surface area contributed by atoms with Gasteiger partial charge in [-0.15, -0.1) is 11.3 Å². The van der Waals surface area contributed by atoms with E-state index in [0.717, 1.165) is 11.3 Å². The van der Waals surface area contributed by atoms with Crippen LogP contribution in [0.3, 0.4) is 0 Å². The van der Waals surface area contributed by atoms with Crippen LogP contribution in [0.4, 0.5) is 13.2 Å². The first kappa shape index (κ1) is 25.8. The summed E-state index contributed by atoms with van der Waals surface area (Å²) in [5.41, 5.74) is 2.32. The maximum atomic E-state index is 14.9. The molecular formula is C24H26ClF3N4O2S. The van der Waals surface area contributed by atoms with E-state index in [1.54, 1.807) is 17.2 Å². The molecule has 0 saturated carbocycles. The smallest absolute Gasteiger partial charge is 0.265 e. The lowest BCUT2D eigenvalue weighted by molar-refractivity contribution is -0.134. The van der Waals surface area contributed by atoms with Gasteiger partial charge in [-0.2, -0.15) is 0 Å². The Morgan fingerprint density at radius 3 is 2.89 bits per heavy atom. The monoisotopic (exact) mass is 526 g/mol. The highest BCUT2D eigenvalue weighted by atomic mass is 35.5. The number of halogens is 4. The van der Waals surface area contributed by atoms with E-state index in [-0.39, 0.29) is 31.2 Å². The van der Waals surface area contributed by atoms with Crippen molar-refractivity contribution < 1.29 is 22.7 Å². The molecule has 1 aromatic heterocycles. The lowest BCUT2D eigenvalue weighted by Gasteiger charge is -2.39. The van der Waals surface area contributed by atoms with Gasteiger partial charge in [-0.1, -0.05) is 24.6 Å². The van der Waals surface area contributed by atoms with Gasteiger partial charge >= 0.3 is 0 Å². The van der Waals surface area contributed by atoms with Crippen LogP contribution in [0.1, 0.15) is 36.4 Å². The van der Waals surface area contributed by atoms with Crippen LogP contribution in [0.5, 0.6) is 0 Å². The zero-order valence-electron chi connectivity index (χ0n) is 19.1. The second-order valence-corrected chi connectivity index (χ2v) is 9.83. The number of carbonyl (C=O) groups excluding carboxylic acids is 1. The van der Waals surface area contributed by atoms with Gasteiger partial charge < -0.3 is 14.8 Å². The number of benzene rings is 1. The van der Waals surface area contributed by atoms with Crippen LogP contribution in [0.2, 0.25) is 5.02 Å². The topological polar surface area (TPSA) is 66.8 Å². The highest BCUT2D eigenvalue weighted by molar-refractivity contribution is 7.11. The minimum absolute atomic E-state index is 0.146. The highest BCUT2D eigenvalue weighted by Gasteiger charge is 2.45. The summed E-state index contributed by atoms with van der Waals surface area (Å²) in [6, 6.07) is 3.72. The van der Waals surface area contributed by atoms with Crippen LogP contribution in [-0.4, -0.2) is 60.8 Å². The molecule has 2 aliphatic rings. The Labute approximate surface area is 210 Å². The van der Waals surface area contributed by atoms with Gasteiger partial charge in [0.2, 0.25) is 0 Å². The number of hydrogen-bond acceptors (Lipinski definition) is 7. The number of likely N-dealkylation sites (tertiary alicyclic amines) is 1. The Bertz CT molecular complexity index is 1110. The first-order valence-corrected chi connectivity index (χ1v) is 12.6. The number of hydrogen-bond donors (Lipinski definition) is 1. The summed E-state index contributed by atoms with van der Waals surface area (Å²) in [4.78, 5) is 21.3. The average molecular weight is 527 g/mol. The molecule has 1 aromatic carbocycles.